The van der Waals surface area contributed by atoms with Gasteiger partial charge in [-0.05, 0) is 24.6 Å². The number of aliphatic hydroxyl groups is 1. The maximum absolute atomic E-state index is 13.3. The van der Waals surface area contributed by atoms with Crippen molar-refractivity contribution >= 4 is 10.0 Å². The van der Waals surface area contributed by atoms with Crippen molar-refractivity contribution in [1.82, 2.24) is 4.31 Å². The third-order valence-corrected chi connectivity index (χ3v) is 5.01. The Kier molecular flexibility index (Phi) is 3.85. The fourth-order valence-corrected chi connectivity index (χ4v) is 3.85. The van der Waals surface area contributed by atoms with Gasteiger partial charge in [0.2, 0.25) is 10.0 Å². The summed E-state index contributed by atoms with van der Waals surface area (Å²) in [5, 5.41) is 17.9. The average molecular weight is 284 g/mol. The first-order valence-corrected chi connectivity index (χ1v) is 7.20. The number of rotatable bonds is 3. The van der Waals surface area contributed by atoms with Crippen LogP contribution in [-0.2, 0) is 10.0 Å². The number of sulfonamides is 1. The molecule has 2 atom stereocenters. The van der Waals surface area contributed by atoms with Crippen molar-refractivity contribution in [2.75, 3.05) is 13.2 Å². The van der Waals surface area contributed by atoms with E-state index in [1.807, 2.05) is 6.07 Å². The van der Waals surface area contributed by atoms with E-state index in [-0.39, 0.29) is 23.4 Å². The van der Waals surface area contributed by atoms with Gasteiger partial charge in [-0.15, -0.1) is 0 Å². The van der Waals surface area contributed by atoms with Gasteiger partial charge < -0.3 is 5.11 Å². The third-order valence-electron chi connectivity index (χ3n) is 3.09. The van der Waals surface area contributed by atoms with Crippen LogP contribution in [-0.4, -0.2) is 43.2 Å². The second kappa shape index (κ2) is 5.25. The molecule has 0 bridgehead atoms. The van der Waals surface area contributed by atoms with Gasteiger partial charge in [0.1, 0.15) is 6.17 Å². The fraction of sp³-hybridized carbons (Fsp3) is 0.417. The third kappa shape index (κ3) is 2.61. The number of alkyl halides is 1. The minimum Gasteiger partial charge on any atom is -0.395 e. The number of halogens is 1. The van der Waals surface area contributed by atoms with E-state index in [9.17, 15) is 12.8 Å². The number of hydrogen-bond donors (Lipinski definition) is 1. The van der Waals surface area contributed by atoms with Crippen LogP contribution >= 0.6 is 0 Å². The first kappa shape index (κ1) is 13.9. The highest BCUT2D eigenvalue weighted by molar-refractivity contribution is 7.89. The van der Waals surface area contributed by atoms with E-state index in [0.29, 0.717) is 0 Å². The monoisotopic (exact) mass is 284 g/mol. The average Bonchev–Trinajstić information content (AvgIpc) is 2.81. The summed E-state index contributed by atoms with van der Waals surface area (Å²) >= 11 is 0. The molecule has 1 heterocycles. The number of nitrogens with zero attached hydrogens (tertiary/aromatic N) is 2. The molecule has 1 aromatic carbocycles. The topological polar surface area (TPSA) is 81.4 Å². The zero-order valence-corrected chi connectivity index (χ0v) is 10.8. The van der Waals surface area contributed by atoms with Crippen LogP contribution in [0.2, 0.25) is 0 Å². The molecule has 1 saturated heterocycles. The van der Waals surface area contributed by atoms with Crippen LogP contribution in [0, 0.1) is 11.3 Å². The van der Waals surface area contributed by atoms with E-state index in [1.165, 1.54) is 24.3 Å². The molecule has 102 valence electrons. The van der Waals surface area contributed by atoms with Gasteiger partial charge >= 0.3 is 0 Å². The van der Waals surface area contributed by atoms with Gasteiger partial charge in [-0.1, -0.05) is 6.07 Å². The lowest BCUT2D eigenvalue weighted by Gasteiger charge is -2.22. The van der Waals surface area contributed by atoms with Crippen LogP contribution in [0.25, 0.3) is 0 Å². The van der Waals surface area contributed by atoms with E-state index in [2.05, 4.69) is 0 Å². The Morgan fingerprint density at radius 1 is 1.53 bits per heavy atom. The summed E-state index contributed by atoms with van der Waals surface area (Å²) in [6, 6.07) is 6.67. The lowest BCUT2D eigenvalue weighted by Crippen LogP contribution is -2.37. The van der Waals surface area contributed by atoms with Gasteiger partial charge in [-0.25, -0.2) is 12.8 Å². The Bertz CT molecular complexity index is 612. The van der Waals surface area contributed by atoms with Crippen molar-refractivity contribution in [3.8, 4) is 6.07 Å². The molecule has 0 saturated carbocycles. The molecule has 19 heavy (non-hydrogen) atoms. The highest BCUT2D eigenvalue weighted by Crippen LogP contribution is 2.27. The molecular formula is C12H13FN2O3S. The summed E-state index contributed by atoms with van der Waals surface area (Å²) in [6.45, 7) is -0.679. The largest absolute Gasteiger partial charge is 0.395 e. The summed E-state index contributed by atoms with van der Waals surface area (Å²) in [4.78, 5) is -0.0564. The summed E-state index contributed by atoms with van der Waals surface area (Å²) in [5.41, 5.74) is 0.220. The van der Waals surface area contributed by atoms with Gasteiger partial charge in [-0.2, -0.15) is 9.57 Å². The van der Waals surface area contributed by atoms with Crippen LogP contribution < -0.4 is 0 Å². The summed E-state index contributed by atoms with van der Waals surface area (Å²) < 4.78 is 39.0. The molecule has 2 rings (SSSR count). The molecule has 1 fully saturated rings. The lowest BCUT2D eigenvalue weighted by molar-refractivity contribution is 0.213. The van der Waals surface area contributed by atoms with Gasteiger partial charge in [-0.3, -0.25) is 0 Å². The SMILES string of the molecule is N#Cc1cccc(S(=O)(=O)N2C[C@@H](F)C[C@H]2CO)c1. The van der Waals surface area contributed by atoms with Crippen LogP contribution in [0.5, 0.6) is 0 Å². The Morgan fingerprint density at radius 3 is 2.89 bits per heavy atom. The van der Waals surface area contributed by atoms with Crippen molar-refractivity contribution in [3.63, 3.8) is 0 Å². The number of hydrogen-bond acceptors (Lipinski definition) is 4. The van der Waals surface area contributed by atoms with Crippen LogP contribution in [0.3, 0.4) is 0 Å². The maximum atomic E-state index is 13.3. The Hall–Kier alpha value is -1.49. The first-order valence-electron chi connectivity index (χ1n) is 5.76. The Morgan fingerprint density at radius 2 is 2.26 bits per heavy atom. The molecule has 7 heteroatoms. The first-order chi connectivity index (χ1) is 8.98. The molecule has 1 aromatic rings. The van der Waals surface area contributed by atoms with Crippen molar-refractivity contribution in [2.45, 2.75) is 23.5 Å². The lowest BCUT2D eigenvalue weighted by atomic mass is 10.2. The molecule has 0 amide bonds. The minimum absolute atomic E-state index is 0.00628. The Labute approximate surface area is 110 Å². The van der Waals surface area contributed by atoms with E-state index >= 15 is 0 Å². The van der Waals surface area contributed by atoms with Gasteiger partial charge in [0.15, 0.2) is 0 Å². The number of aliphatic hydroxyl groups excluding tert-OH is 1. The van der Waals surface area contributed by atoms with E-state index in [1.54, 1.807) is 0 Å². The number of benzene rings is 1. The predicted octanol–water partition coefficient (Wildman–Crippen LogP) is 0.652. The molecule has 0 aromatic heterocycles. The van der Waals surface area contributed by atoms with Gasteiger partial charge in [0, 0.05) is 6.54 Å². The van der Waals surface area contributed by atoms with E-state index in [0.717, 1.165) is 4.31 Å². The maximum Gasteiger partial charge on any atom is 0.243 e. The zero-order valence-electron chi connectivity index (χ0n) is 10.0. The molecule has 0 spiro atoms. The van der Waals surface area contributed by atoms with Crippen LogP contribution in [0.4, 0.5) is 4.39 Å². The van der Waals surface area contributed by atoms with E-state index < -0.39 is 28.8 Å². The molecule has 1 aliphatic heterocycles. The van der Waals surface area contributed by atoms with Gasteiger partial charge in [0.05, 0.1) is 29.2 Å². The molecule has 0 unspecified atom stereocenters. The predicted molar refractivity (Wildman–Crippen MR) is 65.4 cm³/mol. The molecule has 0 aliphatic carbocycles. The van der Waals surface area contributed by atoms with Crippen molar-refractivity contribution in [1.29, 1.82) is 5.26 Å². The fourth-order valence-electron chi connectivity index (χ4n) is 2.15. The smallest absolute Gasteiger partial charge is 0.243 e. The summed E-state index contributed by atoms with van der Waals surface area (Å²) in [6.07, 6.45) is -1.28. The Balaban J connectivity index is 2.39. The summed E-state index contributed by atoms with van der Waals surface area (Å²) in [5.74, 6) is 0. The molecule has 1 N–H and O–H groups in total. The van der Waals surface area contributed by atoms with E-state index in [4.69, 9.17) is 10.4 Å². The molecule has 1 aliphatic rings. The van der Waals surface area contributed by atoms with Crippen LogP contribution in [0.15, 0.2) is 29.2 Å². The van der Waals surface area contributed by atoms with Crippen molar-refractivity contribution < 1.29 is 17.9 Å². The molecular weight excluding hydrogens is 271 g/mol. The standard InChI is InChI=1S/C12H13FN2O3S/c13-10-5-11(8-16)15(7-10)19(17,18)12-3-1-2-9(4-12)6-14/h1-4,10-11,16H,5,7-8H2/t10-,11-/m0/s1. The quantitative estimate of drug-likeness (QED) is 0.883. The highest BCUT2D eigenvalue weighted by Gasteiger charge is 2.40. The summed E-state index contributed by atoms with van der Waals surface area (Å²) in [7, 11) is -3.88. The molecule has 5 nitrogen and oxygen atoms in total. The second-order valence-electron chi connectivity index (χ2n) is 4.38. The second-order valence-corrected chi connectivity index (χ2v) is 6.27. The zero-order chi connectivity index (χ0) is 14.0. The normalized spacial score (nSPS) is 24.3. The van der Waals surface area contributed by atoms with Crippen molar-refractivity contribution in [2.24, 2.45) is 0 Å². The van der Waals surface area contributed by atoms with Crippen LogP contribution in [0.1, 0.15) is 12.0 Å². The minimum atomic E-state index is -3.88. The highest BCUT2D eigenvalue weighted by atomic mass is 32.2. The van der Waals surface area contributed by atoms with Crippen molar-refractivity contribution in [3.05, 3.63) is 29.8 Å². The molecule has 0 radical (unpaired) electrons. The number of nitriles is 1. The van der Waals surface area contributed by atoms with Gasteiger partial charge in [0.25, 0.3) is 0 Å².